The number of phenolic OH excluding ortho intramolecular Hbond substituents is 1. The molecule has 0 saturated heterocycles. The molecule has 0 spiro atoms. The molecule has 0 aliphatic rings. The highest BCUT2D eigenvalue weighted by molar-refractivity contribution is 5.85. The number of para-hydroxylation sites is 1. The molecule has 4 rings (SSSR count). The van der Waals surface area contributed by atoms with Crippen LogP contribution in [0, 0.1) is 0 Å². The Balaban J connectivity index is 1.75. The first kappa shape index (κ1) is 14.6. The van der Waals surface area contributed by atoms with Gasteiger partial charge in [-0.1, -0.05) is 17.3 Å². The number of hydrogen-bond donors (Lipinski definition) is 1. The molecule has 0 amide bonds. The molecule has 0 unspecified atom stereocenters. The zero-order valence-corrected chi connectivity index (χ0v) is 13.6. The van der Waals surface area contributed by atoms with Crippen LogP contribution in [0.2, 0.25) is 0 Å². The molecule has 2 heterocycles. The van der Waals surface area contributed by atoms with E-state index in [0.717, 1.165) is 5.56 Å². The summed E-state index contributed by atoms with van der Waals surface area (Å²) in [6.45, 7) is 4.34. The summed E-state index contributed by atoms with van der Waals surface area (Å²) in [5.74, 6) is 0.884. The van der Waals surface area contributed by atoms with Gasteiger partial charge in [0.2, 0.25) is 0 Å². The second kappa shape index (κ2) is 5.57. The first-order chi connectivity index (χ1) is 11.6. The number of hydrogen-bond acceptors (Lipinski definition) is 3. The van der Waals surface area contributed by atoms with Gasteiger partial charge < -0.3 is 14.2 Å². The van der Waals surface area contributed by atoms with Crippen LogP contribution in [0.4, 0.5) is 0 Å². The monoisotopic (exact) mass is 318 g/mol. The predicted molar refractivity (Wildman–Crippen MR) is 94.9 cm³/mol. The largest absolute Gasteiger partial charge is 0.507 e. The first-order valence-electron chi connectivity index (χ1n) is 7.99. The minimum absolute atomic E-state index is 0.196. The third-order valence-electron chi connectivity index (χ3n) is 4.25. The molecular formula is C20H18N2O2. The smallest absolute Gasteiger partial charge is 0.167 e. The summed E-state index contributed by atoms with van der Waals surface area (Å²) in [4.78, 5) is 0. The van der Waals surface area contributed by atoms with E-state index in [-0.39, 0.29) is 5.75 Å². The predicted octanol–water partition coefficient (Wildman–Crippen LogP) is 5.25. The third kappa shape index (κ3) is 2.36. The average molecular weight is 318 g/mol. The van der Waals surface area contributed by atoms with Crippen LogP contribution in [0.1, 0.15) is 19.9 Å². The lowest BCUT2D eigenvalue weighted by molar-refractivity contribution is 0.433. The maximum Gasteiger partial charge on any atom is 0.167 e. The van der Waals surface area contributed by atoms with Gasteiger partial charge >= 0.3 is 0 Å². The standard InChI is InChI=1S/C20H18N2O2/c1-13(2)22-10-9-14-11-15(7-8-18(14)22)20-12-17(21-24-20)16-5-3-4-6-19(16)23/h3-13,23H,1-2H3. The number of rotatable bonds is 3. The maximum absolute atomic E-state index is 9.96. The van der Waals surface area contributed by atoms with E-state index in [2.05, 4.69) is 48.0 Å². The van der Waals surface area contributed by atoms with E-state index < -0.39 is 0 Å². The van der Waals surface area contributed by atoms with Crippen LogP contribution >= 0.6 is 0 Å². The second-order valence-corrected chi connectivity index (χ2v) is 6.18. The molecule has 0 fully saturated rings. The molecule has 4 aromatic rings. The van der Waals surface area contributed by atoms with Crippen LogP contribution < -0.4 is 0 Å². The van der Waals surface area contributed by atoms with Crippen molar-refractivity contribution in [3.63, 3.8) is 0 Å². The minimum atomic E-state index is 0.196. The fourth-order valence-corrected chi connectivity index (χ4v) is 3.00. The molecule has 4 heteroatoms. The normalized spacial score (nSPS) is 11.5. The zero-order valence-electron chi connectivity index (χ0n) is 13.6. The summed E-state index contributed by atoms with van der Waals surface area (Å²) in [5.41, 5.74) is 3.47. The Labute approximate surface area is 140 Å². The van der Waals surface area contributed by atoms with Gasteiger partial charge in [-0.3, -0.25) is 0 Å². The number of nitrogens with zero attached hydrogens (tertiary/aromatic N) is 2. The zero-order chi connectivity index (χ0) is 16.7. The fourth-order valence-electron chi connectivity index (χ4n) is 3.00. The molecule has 24 heavy (non-hydrogen) atoms. The van der Waals surface area contributed by atoms with Crippen molar-refractivity contribution in [2.75, 3.05) is 0 Å². The third-order valence-corrected chi connectivity index (χ3v) is 4.25. The van der Waals surface area contributed by atoms with Crippen LogP contribution in [0.25, 0.3) is 33.5 Å². The van der Waals surface area contributed by atoms with Gasteiger partial charge in [-0.2, -0.15) is 0 Å². The SMILES string of the molecule is CC(C)n1ccc2cc(-c3cc(-c4ccccc4O)no3)ccc21. The molecule has 0 aliphatic carbocycles. The highest BCUT2D eigenvalue weighted by Crippen LogP contribution is 2.32. The van der Waals surface area contributed by atoms with E-state index in [1.165, 1.54) is 10.9 Å². The Morgan fingerprint density at radius 1 is 1.04 bits per heavy atom. The molecule has 0 radical (unpaired) electrons. The van der Waals surface area contributed by atoms with Crippen molar-refractivity contribution in [2.24, 2.45) is 0 Å². The summed E-state index contributed by atoms with van der Waals surface area (Å²) in [7, 11) is 0. The molecular weight excluding hydrogens is 300 g/mol. The highest BCUT2D eigenvalue weighted by Gasteiger charge is 2.12. The van der Waals surface area contributed by atoms with Crippen LogP contribution in [0.15, 0.2) is 65.3 Å². The number of phenols is 1. The van der Waals surface area contributed by atoms with E-state index in [1.54, 1.807) is 12.1 Å². The van der Waals surface area contributed by atoms with Crippen molar-refractivity contribution < 1.29 is 9.63 Å². The van der Waals surface area contributed by atoms with Crippen LogP contribution in [-0.4, -0.2) is 14.8 Å². The van der Waals surface area contributed by atoms with Gasteiger partial charge in [-0.15, -0.1) is 0 Å². The summed E-state index contributed by atoms with van der Waals surface area (Å²) >= 11 is 0. The van der Waals surface area contributed by atoms with Crippen molar-refractivity contribution in [1.29, 1.82) is 0 Å². The molecule has 0 atom stereocenters. The van der Waals surface area contributed by atoms with Crippen LogP contribution in [0.5, 0.6) is 5.75 Å². The Morgan fingerprint density at radius 2 is 1.88 bits per heavy atom. The molecule has 2 aromatic heterocycles. The van der Waals surface area contributed by atoms with Gasteiger partial charge in [0.1, 0.15) is 11.4 Å². The van der Waals surface area contributed by atoms with Gasteiger partial charge in [-0.25, -0.2) is 0 Å². The van der Waals surface area contributed by atoms with Crippen LogP contribution in [0.3, 0.4) is 0 Å². The maximum atomic E-state index is 9.96. The Morgan fingerprint density at radius 3 is 2.67 bits per heavy atom. The average Bonchev–Trinajstić information content (AvgIpc) is 3.21. The van der Waals surface area contributed by atoms with Gasteiger partial charge in [-0.05, 0) is 50.2 Å². The lowest BCUT2D eigenvalue weighted by atomic mass is 10.1. The molecule has 4 nitrogen and oxygen atoms in total. The van der Waals surface area contributed by atoms with E-state index in [1.807, 2.05) is 24.3 Å². The van der Waals surface area contributed by atoms with Crippen LogP contribution in [-0.2, 0) is 0 Å². The highest BCUT2D eigenvalue weighted by atomic mass is 16.5. The fraction of sp³-hybridized carbons (Fsp3) is 0.150. The summed E-state index contributed by atoms with van der Waals surface area (Å²) in [6, 6.07) is 17.7. The van der Waals surface area contributed by atoms with Crippen molar-refractivity contribution in [3.8, 4) is 28.3 Å². The van der Waals surface area contributed by atoms with Gasteiger partial charge in [0.05, 0.1) is 0 Å². The Hall–Kier alpha value is -3.01. The summed E-state index contributed by atoms with van der Waals surface area (Å²) < 4.78 is 7.74. The molecule has 0 bridgehead atoms. The van der Waals surface area contributed by atoms with E-state index in [0.29, 0.717) is 23.1 Å². The van der Waals surface area contributed by atoms with E-state index >= 15 is 0 Å². The van der Waals surface area contributed by atoms with Gasteiger partial charge in [0.25, 0.3) is 0 Å². The number of aromatic nitrogens is 2. The Kier molecular flexibility index (Phi) is 3.38. The molecule has 2 aromatic carbocycles. The lowest BCUT2D eigenvalue weighted by Crippen LogP contribution is -1.97. The lowest BCUT2D eigenvalue weighted by Gasteiger charge is -2.09. The van der Waals surface area contributed by atoms with Crippen molar-refractivity contribution in [2.45, 2.75) is 19.9 Å². The first-order valence-corrected chi connectivity index (χ1v) is 7.99. The van der Waals surface area contributed by atoms with E-state index in [4.69, 9.17) is 4.52 Å². The van der Waals surface area contributed by atoms with Crippen molar-refractivity contribution >= 4 is 10.9 Å². The Bertz CT molecular complexity index is 1010. The molecule has 0 saturated carbocycles. The number of aromatic hydroxyl groups is 1. The van der Waals surface area contributed by atoms with E-state index in [9.17, 15) is 5.11 Å². The summed E-state index contributed by atoms with van der Waals surface area (Å²) in [6.07, 6.45) is 2.10. The molecule has 120 valence electrons. The van der Waals surface area contributed by atoms with Gasteiger partial charge in [0, 0.05) is 40.3 Å². The van der Waals surface area contributed by atoms with Crippen molar-refractivity contribution in [1.82, 2.24) is 9.72 Å². The molecule has 1 N–H and O–H groups in total. The topological polar surface area (TPSA) is 51.2 Å². The number of fused-ring (bicyclic) bond motifs is 1. The quantitative estimate of drug-likeness (QED) is 0.561. The number of benzene rings is 2. The molecule has 0 aliphatic heterocycles. The summed E-state index contributed by atoms with van der Waals surface area (Å²) in [5, 5.41) is 15.2. The minimum Gasteiger partial charge on any atom is -0.507 e. The van der Waals surface area contributed by atoms with Gasteiger partial charge in [0.15, 0.2) is 5.76 Å². The second-order valence-electron chi connectivity index (χ2n) is 6.18. The van der Waals surface area contributed by atoms with Crippen molar-refractivity contribution in [3.05, 3.63) is 60.8 Å².